The Hall–Kier alpha value is -2.59. The SMILES string of the molecule is Cc1nc(NC(=O)C2CCN(c3nc4ccc(F)cc4s3)CC2)sc1C(=O)N(C)C. The molecule has 0 spiro atoms. The zero-order chi connectivity index (χ0) is 21.4. The molecular weight excluding hydrogens is 425 g/mol. The van der Waals surface area contributed by atoms with Crippen LogP contribution in [0.25, 0.3) is 10.2 Å². The normalized spacial score (nSPS) is 14.9. The molecular formula is C20H22FN5O2S2. The van der Waals surface area contributed by atoms with Crippen molar-refractivity contribution in [1.82, 2.24) is 14.9 Å². The summed E-state index contributed by atoms with van der Waals surface area (Å²) in [7, 11) is 3.38. The van der Waals surface area contributed by atoms with Crippen LogP contribution in [0.15, 0.2) is 18.2 Å². The first-order valence-corrected chi connectivity index (χ1v) is 11.3. The number of hydrogen-bond donors (Lipinski definition) is 1. The number of nitrogens with zero attached hydrogens (tertiary/aromatic N) is 4. The Morgan fingerprint density at radius 3 is 2.63 bits per heavy atom. The van der Waals surface area contributed by atoms with Crippen molar-refractivity contribution in [3.05, 3.63) is 34.6 Å². The van der Waals surface area contributed by atoms with E-state index in [1.807, 2.05) is 0 Å². The fourth-order valence-electron chi connectivity index (χ4n) is 3.41. The molecule has 10 heteroatoms. The Balaban J connectivity index is 1.37. The standard InChI is InChI=1S/C20H22FN5O2S2/c1-11-16(18(28)25(2)3)30-19(22-11)24-17(27)12-6-8-26(9-7-12)20-23-14-5-4-13(21)10-15(14)29-20/h4-5,10,12H,6-9H2,1-3H3,(H,22,24,27). The van der Waals surface area contributed by atoms with Crippen molar-refractivity contribution in [3.8, 4) is 0 Å². The highest BCUT2D eigenvalue weighted by atomic mass is 32.1. The van der Waals surface area contributed by atoms with Gasteiger partial charge in [0.05, 0.1) is 15.9 Å². The third-order valence-corrected chi connectivity index (χ3v) is 7.24. The number of aryl methyl sites for hydroxylation is 1. The number of piperidine rings is 1. The molecule has 0 saturated carbocycles. The highest BCUT2D eigenvalue weighted by Gasteiger charge is 2.28. The number of carbonyl (C=O) groups excluding carboxylic acids is 2. The van der Waals surface area contributed by atoms with Crippen molar-refractivity contribution in [2.45, 2.75) is 19.8 Å². The Labute approximate surface area is 181 Å². The van der Waals surface area contributed by atoms with Crippen molar-refractivity contribution in [3.63, 3.8) is 0 Å². The summed E-state index contributed by atoms with van der Waals surface area (Å²) in [5, 5.41) is 4.19. The summed E-state index contributed by atoms with van der Waals surface area (Å²) >= 11 is 2.68. The van der Waals surface area contributed by atoms with Gasteiger partial charge in [-0.3, -0.25) is 9.59 Å². The van der Waals surface area contributed by atoms with Gasteiger partial charge in [0.2, 0.25) is 5.91 Å². The second-order valence-electron chi connectivity index (χ2n) is 7.49. The number of thiazole rings is 2. The molecule has 2 aromatic heterocycles. The molecule has 1 N–H and O–H groups in total. The molecule has 1 aliphatic rings. The van der Waals surface area contributed by atoms with Gasteiger partial charge in [-0.2, -0.15) is 0 Å². The van der Waals surface area contributed by atoms with Crippen LogP contribution in [0.2, 0.25) is 0 Å². The number of fused-ring (bicyclic) bond motifs is 1. The summed E-state index contributed by atoms with van der Waals surface area (Å²) in [6.45, 7) is 3.19. The number of amides is 2. The smallest absolute Gasteiger partial charge is 0.265 e. The van der Waals surface area contributed by atoms with Crippen LogP contribution in [0, 0.1) is 18.7 Å². The lowest BCUT2D eigenvalue weighted by molar-refractivity contribution is -0.120. The van der Waals surface area contributed by atoms with Crippen molar-refractivity contribution in [1.29, 1.82) is 0 Å². The number of aromatic nitrogens is 2. The van der Waals surface area contributed by atoms with Gasteiger partial charge in [0, 0.05) is 33.1 Å². The van der Waals surface area contributed by atoms with Gasteiger partial charge >= 0.3 is 0 Å². The van der Waals surface area contributed by atoms with Crippen LogP contribution < -0.4 is 10.2 Å². The van der Waals surface area contributed by atoms with Crippen LogP contribution in [-0.2, 0) is 4.79 Å². The molecule has 3 aromatic rings. The van der Waals surface area contributed by atoms with Gasteiger partial charge in [0.15, 0.2) is 10.3 Å². The molecule has 1 aliphatic heterocycles. The quantitative estimate of drug-likeness (QED) is 0.659. The first kappa shape index (κ1) is 20.7. The van der Waals surface area contributed by atoms with Crippen LogP contribution in [0.3, 0.4) is 0 Å². The summed E-state index contributed by atoms with van der Waals surface area (Å²) in [4.78, 5) is 38.0. The zero-order valence-electron chi connectivity index (χ0n) is 16.9. The average Bonchev–Trinajstić information content (AvgIpc) is 3.30. The van der Waals surface area contributed by atoms with Gasteiger partial charge in [-0.05, 0) is 38.0 Å². The number of nitrogens with one attached hydrogen (secondary N) is 1. The average molecular weight is 448 g/mol. The predicted octanol–water partition coefficient (Wildman–Crippen LogP) is 3.76. The van der Waals surface area contributed by atoms with Crippen molar-refractivity contribution in [2.75, 3.05) is 37.4 Å². The van der Waals surface area contributed by atoms with Crippen molar-refractivity contribution in [2.24, 2.45) is 5.92 Å². The Kier molecular flexibility index (Phi) is 5.70. The summed E-state index contributed by atoms with van der Waals surface area (Å²) in [5.74, 6) is -0.570. The van der Waals surface area contributed by atoms with E-state index in [1.54, 1.807) is 27.1 Å². The van der Waals surface area contributed by atoms with E-state index < -0.39 is 0 Å². The molecule has 7 nitrogen and oxygen atoms in total. The van der Waals surface area contributed by atoms with E-state index in [9.17, 15) is 14.0 Å². The van der Waals surface area contributed by atoms with Crippen LogP contribution in [0.5, 0.6) is 0 Å². The lowest BCUT2D eigenvalue weighted by atomic mass is 9.96. The molecule has 2 amide bonds. The van der Waals surface area contributed by atoms with Gasteiger partial charge in [0.1, 0.15) is 10.7 Å². The molecule has 1 fully saturated rings. The van der Waals surface area contributed by atoms with Gasteiger partial charge in [-0.15, -0.1) is 0 Å². The number of halogens is 1. The molecule has 158 valence electrons. The first-order chi connectivity index (χ1) is 14.3. The maximum Gasteiger partial charge on any atom is 0.265 e. The summed E-state index contributed by atoms with van der Waals surface area (Å²) in [6, 6.07) is 4.61. The number of rotatable bonds is 4. The fraction of sp³-hybridized carbons (Fsp3) is 0.400. The fourth-order valence-corrected chi connectivity index (χ4v) is 5.45. The van der Waals surface area contributed by atoms with Gasteiger partial charge in [-0.1, -0.05) is 22.7 Å². The minimum absolute atomic E-state index is 0.0707. The maximum absolute atomic E-state index is 13.4. The third-order valence-electron chi connectivity index (χ3n) is 5.10. The Bertz CT molecular complexity index is 1100. The van der Waals surface area contributed by atoms with E-state index in [4.69, 9.17) is 0 Å². The van der Waals surface area contributed by atoms with E-state index in [-0.39, 0.29) is 23.5 Å². The molecule has 3 heterocycles. The zero-order valence-corrected chi connectivity index (χ0v) is 18.6. The van der Waals surface area contributed by atoms with Crippen molar-refractivity contribution < 1.29 is 14.0 Å². The van der Waals surface area contributed by atoms with Crippen molar-refractivity contribution >= 4 is 55.0 Å². The number of benzene rings is 1. The Morgan fingerprint density at radius 2 is 1.93 bits per heavy atom. The van der Waals surface area contributed by atoms with Gasteiger partial charge in [0.25, 0.3) is 5.91 Å². The molecule has 0 unspecified atom stereocenters. The summed E-state index contributed by atoms with van der Waals surface area (Å²) in [5.41, 5.74) is 1.41. The topological polar surface area (TPSA) is 78.4 Å². The molecule has 0 radical (unpaired) electrons. The molecule has 4 rings (SSSR count). The molecule has 0 aliphatic carbocycles. The van der Waals surface area contributed by atoms with Crippen LogP contribution >= 0.6 is 22.7 Å². The van der Waals surface area contributed by atoms with E-state index in [0.29, 0.717) is 41.6 Å². The Morgan fingerprint density at radius 1 is 1.20 bits per heavy atom. The maximum atomic E-state index is 13.4. The van der Waals surface area contributed by atoms with E-state index in [0.717, 1.165) is 15.3 Å². The minimum Gasteiger partial charge on any atom is -0.348 e. The lowest BCUT2D eigenvalue weighted by Gasteiger charge is -2.30. The molecule has 30 heavy (non-hydrogen) atoms. The molecule has 0 bridgehead atoms. The van der Waals surface area contributed by atoms with Crippen LogP contribution in [0.4, 0.5) is 14.7 Å². The minimum atomic E-state index is -0.263. The third kappa shape index (κ3) is 4.15. The largest absolute Gasteiger partial charge is 0.348 e. The summed E-state index contributed by atoms with van der Waals surface area (Å²) in [6.07, 6.45) is 1.40. The number of carbonyl (C=O) groups is 2. The number of hydrogen-bond acceptors (Lipinski definition) is 7. The first-order valence-electron chi connectivity index (χ1n) is 9.63. The monoisotopic (exact) mass is 447 g/mol. The second kappa shape index (κ2) is 8.27. The highest BCUT2D eigenvalue weighted by molar-refractivity contribution is 7.22. The molecule has 0 atom stereocenters. The van der Waals surface area contributed by atoms with Crippen LogP contribution in [-0.4, -0.2) is 53.9 Å². The van der Waals surface area contributed by atoms with Gasteiger partial charge < -0.3 is 15.1 Å². The second-order valence-corrected chi connectivity index (χ2v) is 9.50. The van der Waals surface area contributed by atoms with E-state index >= 15 is 0 Å². The summed E-state index contributed by atoms with van der Waals surface area (Å²) < 4.78 is 14.2. The molecule has 1 saturated heterocycles. The molecule has 1 aromatic carbocycles. The van der Waals surface area contributed by atoms with Crippen LogP contribution in [0.1, 0.15) is 28.2 Å². The van der Waals surface area contributed by atoms with E-state index in [1.165, 1.54) is 39.7 Å². The lowest BCUT2D eigenvalue weighted by Crippen LogP contribution is -2.38. The predicted molar refractivity (Wildman–Crippen MR) is 118 cm³/mol. The number of anilines is 2. The highest BCUT2D eigenvalue weighted by Crippen LogP contribution is 2.32. The van der Waals surface area contributed by atoms with E-state index in [2.05, 4.69) is 20.2 Å². The van der Waals surface area contributed by atoms with Gasteiger partial charge in [-0.25, -0.2) is 14.4 Å².